The number of rotatable bonds is 2. The lowest BCUT2D eigenvalue weighted by Gasteiger charge is -2.36. The van der Waals surface area contributed by atoms with E-state index < -0.39 is 42.3 Å². The highest BCUT2D eigenvalue weighted by molar-refractivity contribution is 6.03. The summed E-state index contributed by atoms with van der Waals surface area (Å²) in [5.41, 5.74) is 0.720. The highest BCUT2D eigenvalue weighted by Crippen LogP contribution is 2.44. The Morgan fingerprint density at radius 3 is 2.31 bits per heavy atom. The largest absolute Gasteiger partial charge is 0.342 e. The first-order chi connectivity index (χ1) is 13.7. The van der Waals surface area contributed by atoms with Gasteiger partial charge in [-0.05, 0) is 39.1 Å². The molecule has 0 saturated carbocycles. The summed E-state index contributed by atoms with van der Waals surface area (Å²) in [5, 5.41) is 5.00. The van der Waals surface area contributed by atoms with Crippen molar-refractivity contribution in [1.82, 2.24) is 0 Å². The first kappa shape index (κ1) is 19.0. The van der Waals surface area contributed by atoms with Crippen molar-refractivity contribution < 1.29 is 28.5 Å². The number of anilines is 1. The lowest BCUT2D eigenvalue weighted by molar-refractivity contribution is -0.229. The first-order valence-electron chi connectivity index (χ1n) is 9.88. The average Bonchev–Trinajstić information content (AvgIpc) is 3.15. The molecule has 3 aliphatic rings. The molecular formula is C22H25NO6. The fourth-order valence-corrected chi connectivity index (χ4v) is 4.36. The number of carbonyl (C=O) groups is 1. The maximum absolute atomic E-state index is 13.2. The Bertz CT molecular complexity index is 952. The number of benzene rings is 2. The Kier molecular flexibility index (Phi) is 4.24. The molecule has 1 amide bonds. The van der Waals surface area contributed by atoms with E-state index in [1.165, 1.54) is 0 Å². The van der Waals surface area contributed by atoms with Gasteiger partial charge < -0.3 is 29.0 Å². The smallest absolute Gasteiger partial charge is 0.256 e. The van der Waals surface area contributed by atoms with Gasteiger partial charge >= 0.3 is 0 Å². The third-order valence-electron chi connectivity index (χ3n) is 5.46. The van der Waals surface area contributed by atoms with Crippen LogP contribution in [0.1, 0.15) is 27.7 Å². The van der Waals surface area contributed by atoms with Gasteiger partial charge in [-0.15, -0.1) is 0 Å². The monoisotopic (exact) mass is 399 g/mol. The van der Waals surface area contributed by atoms with Gasteiger partial charge in [0.1, 0.15) is 18.3 Å². The normalized spacial score (nSPS) is 34.6. The van der Waals surface area contributed by atoms with E-state index in [-0.39, 0.29) is 5.91 Å². The van der Waals surface area contributed by atoms with Crippen LogP contribution in [0.15, 0.2) is 42.5 Å². The van der Waals surface area contributed by atoms with Gasteiger partial charge in [0.05, 0.1) is 0 Å². The molecule has 7 nitrogen and oxygen atoms in total. The van der Waals surface area contributed by atoms with Crippen molar-refractivity contribution in [2.24, 2.45) is 0 Å². The van der Waals surface area contributed by atoms with Crippen LogP contribution in [0.5, 0.6) is 0 Å². The number of ether oxygens (including phenoxy) is 5. The lowest BCUT2D eigenvalue weighted by atomic mass is 9.98. The summed E-state index contributed by atoms with van der Waals surface area (Å²) in [4.78, 5) is 13.2. The fraction of sp³-hybridized carbons (Fsp3) is 0.500. The second-order valence-corrected chi connectivity index (χ2v) is 8.61. The third kappa shape index (κ3) is 3.33. The van der Waals surface area contributed by atoms with Crippen LogP contribution in [0.3, 0.4) is 0 Å². The third-order valence-corrected chi connectivity index (χ3v) is 5.46. The zero-order valence-electron chi connectivity index (χ0n) is 16.9. The molecule has 0 bridgehead atoms. The first-order valence-corrected chi connectivity index (χ1v) is 9.88. The van der Waals surface area contributed by atoms with Crippen molar-refractivity contribution in [3.8, 4) is 0 Å². The van der Waals surface area contributed by atoms with Crippen LogP contribution in [-0.4, -0.2) is 48.2 Å². The topological polar surface area (TPSA) is 75.3 Å². The average molecular weight is 399 g/mol. The van der Waals surface area contributed by atoms with E-state index in [1.54, 1.807) is 0 Å². The van der Waals surface area contributed by atoms with Crippen LogP contribution in [0, 0.1) is 0 Å². The molecule has 0 aliphatic carbocycles. The van der Waals surface area contributed by atoms with Gasteiger partial charge in [0.2, 0.25) is 0 Å². The van der Waals surface area contributed by atoms with Crippen LogP contribution in [0.4, 0.5) is 5.69 Å². The lowest BCUT2D eigenvalue weighted by Crippen LogP contribution is -2.58. The van der Waals surface area contributed by atoms with Crippen molar-refractivity contribution in [2.45, 2.75) is 70.0 Å². The molecule has 3 fully saturated rings. The fourth-order valence-electron chi connectivity index (χ4n) is 4.36. The highest BCUT2D eigenvalue weighted by atomic mass is 16.9. The predicted molar refractivity (Wildman–Crippen MR) is 105 cm³/mol. The molecule has 2 aromatic rings. The summed E-state index contributed by atoms with van der Waals surface area (Å²) < 4.78 is 30.0. The number of hydrogen-bond donors (Lipinski definition) is 1. The molecule has 1 N–H and O–H groups in total. The van der Waals surface area contributed by atoms with Gasteiger partial charge in [-0.2, -0.15) is 0 Å². The van der Waals surface area contributed by atoms with Crippen molar-refractivity contribution >= 4 is 22.4 Å². The van der Waals surface area contributed by atoms with E-state index in [2.05, 4.69) is 5.32 Å². The summed E-state index contributed by atoms with van der Waals surface area (Å²) in [6.07, 6.45) is -3.11. The predicted octanol–water partition coefficient (Wildman–Crippen LogP) is 3.17. The van der Waals surface area contributed by atoms with Crippen LogP contribution in [0.2, 0.25) is 0 Å². The quantitative estimate of drug-likeness (QED) is 0.836. The summed E-state index contributed by atoms with van der Waals surface area (Å²) in [6, 6.07) is 13.7. The molecule has 0 spiro atoms. The molecule has 29 heavy (non-hydrogen) atoms. The summed E-state index contributed by atoms with van der Waals surface area (Å²) in [5.74, 6) is -1.97. The maximum atomic E-state index is 13.2. The molecule has 0 unspecified atom stereocenters. The standard InChI is InChI=1S/C22H25NO6/c1-21(2)26-15-16(27-21)18-20(29-22(3,4)28-18)25-17(15)19(24)23-14-11-7-9-12-8-5-6-10-13(12)14/h5-11,15-18,20H,1-4H3,(H,23,24)/t15-,16-,17+,18+,20+/m1/s1. The minimum absolute atomic E-state index is 0.301. The van der Waals surface area contributed by atoms with Crippen LogP contribution in [-0.2, 0) is 28.5 Å². The SMILES string of the molecule is CC1(C)O[C@@H]2O[C@H](C(=O)Nc3cccc4ccccc34)[C@@H]3OC(C)(C)O[C@H]3[C@@H]2O1. The van der Waals surface area contributed by atoms with Gasteiger partial charge in [-0.1, -0.05) is 36.4 Å². The molecule has 0 aromatic heterocycles. The summed E-state index contributed by atoms with van der Waals surface area (Å²) >= 11 is 0. The molecule has 5 rings (SSSR count). The van der Waals surface area contributed by atoms with Crippen LogP contribution in [0.25, 0.3) is 10.8 Å². The number of amides is 1. The second kappa shape index (κ2) is 6.48. The second-order valence-electron chi connectivity index (χ2n) is 8.61. The Labute approximate surface area is 169 Å². The number of nitrogens with one attached hydrogen (secondary N) is 1. The molecule has 3 aliphatic heterocycles. The van der Waals surface area contributed by atoms with Crippen molar-refractivity contribution in [3.05, 3.63) is 42.5 Å². The van der Waals surface area contributed by atoms with Crippen LogP contribution < -0.4 is 5.32 Å². The zero-order valence-corrected chi connectivity index (χ0v) is 16.9. The van der Waals surface area contributed by atoms with E-state index in [0.29, 0.717) is 0 Å². The zero-order chi connectivity index (χ0) is 20.4. The van der Waals surface area contributed by atoms with Gasteiger partial charge in [-0.3, -0.25) is 4.79 Å². The molecule has 0 radical (unpaired) electrons. The van der Waals surface area contributed by atoms with Gasteiger partial charge in [0.15, 0.2) is 24.0 Å². The van der Waals surface area contributed by atoms with Crippen molar-refractivity contribution in [1.29, 1.82) is 0 Å². The number of carbonyl (C=O) groups excluding carboxylic acids is 1. The van der Waals surface area contributed by atoms with E-state index in [4.69, 9.17) is 23.7 Å². The Hall–Kier alpha value is -2.03. The minimum Gasteiger partial charge on any atom is -0.342 e. The molecular weight excluding hydrogens is 374 g/mol. The maximum Gasteiger partial charge on any atom is 0.256 e. The van der Waals surface area contributed by atoms with Gasteiger partial charge in [-0.25, -0.2) is 0 Å². The van der Waals surface area contributed by atoms with E-state index in [0.717, 1.165) is 16.5 Å². The number of hydrogen-bond acceptors (Lipinski definition) is 6. The Morgan fingerprint density at radius 1 is 0.828 bits per heavy atom. The molecule has 154 valence electrons. The Balaban J connectivity index is 1.44. The summed E-state index contributed by atoms with van der Waals surface area (Å²) in [6.45, 7) is 7.27. The summed E-state index contributed by atoms with van der Waals surface area (Å²) in [7, 11) is 0. The van der Waals surface area contributed by atoms with Crippen LogP contribution >= 0.6 is 0 Å². The molecule has 2 aromatic carbocycles. The van der Waals surface area contributed by atoms with Crippen molar-refractivity contribution in [3.63, 3.8) is 0 Å². The molecule has 5 atom stereocenters. The van der Waals surface area contributed by atoms with E-state index in [1.807, 2.05) is 70.2 Å². The molecule has 3 saturated heterocycles. The molecule has 7 heteroatoms. The van der Waals surface area contributed by atoms with Gasteiger partial charge in [0.25, 0.3) is 5.91 Å². The van der Waals surface area contributed by atoms with E-state index in [9.17, 15) is 4.79 Å². The number of fused-ring (bicyclic) bond motifs is 4. The Morgan fingerprint density at radius 2 is 1.48 bits per heavy atom. The minimum atomic E-state index is -0.889. The van der Waals surface area contributed by atoms with Crippen molar-refractivity contribution in [2.75, 3.05) is 5.32 Å². The molecule has 3 heterocycles. The highest BCUT2D eigenvalue weighted by Gasteiger charge is 2.62. The van der Waals surface area contributed by atoms with Gasteiger partial charge in [0, 0.05) is 11.1 Å². The van der Waals surface area contributed by atoms with E-state index >= 15 is 0 Å².